The Kier molecular flexibility index (Phi) is 11.0. The summed E-state index contributed by atoms with van der Waals surface area (Å²) >= 11 is 6.12. The Bertz CT molecular complexity index is 1440. The third-order valence-corrected chi connectivity index (χ3v) is 9.13. The molecule has 2 amide bonds. The lowest BCUT2D eigenvalue weighted by molar-refractivity contribution is -0.141. The highest BCUT2D eigenvalue weighted by Crippen LogP contribution is 2.23. The van der Waals surface area contributed by atoms with Crippen LogP contribution in [-0.4, -0.2) is 50.0 Å². The first-order chi connectivity index (χ1) is 20.1. The van der Waals surface area contributed by atoms with Gasteiger partial charge in [0.1, 0.15) is 6.04 Å². The van der Waals surface area contributed by atoms with E-state index in [4.69, 9.17) is 11.6 Å². The number of amides is 2. The van der Waals surface area contributed by atoms with E-state index in [9.17, 15) is 18.0 Å². The Hall–Kier alpha value is -3.36. The number of carbonyl (C=O) groups excluding carboxylic acids is 2. The molecule has 1 aliphatic rings. The Balaban J connectivity index is 1.58. The molecule has 42 heavy (non-hydrogen) atoms. The van der Waals surface area contributed by atoms with Crippen molar-refractivity contribution in [3.05, 3.63) is 101 Å². The SMILES string of the molecule is Cc1cccc(N(CCCC(=O)N(Cc2ccc(Cl)cc2)C(Cc2ccccc2)C(=O)NC2CCCC2)S(C)(=O)=O)c1. The van der Waals surface area contributed by atoms with Crippen molar-refractivity contribution < 1.29 is 18.0 Å². The predicted octanol–water partition coefficient (Wildman–Crippen LogP) is 5.89. The van der Waals surface area contributed by atoms with Crippen molar-refractivity contribution in [2.45, 2.75) is 70.5 Å². The van der Waals surface area contributed by atoms with Gasteiger partial charge in [0.25, 0.3) is 0 Å². The molecule has 3 aromatic rings. The highest BCUT2D eigenvalue weighted by molar-refractivity contribution is 7.92. The smallest absolute Gasteiger partial charge is 0.243 e. The average Bonchev–Trinajstić information content (AvgIpc) is 3.47. The summed E-state index contributed by atoms with van der Waals surface area (Å²) in [5.41, 5.74) is 3.34. The monoisotopic (exact) mass is 609 g/mol. The lowest BCUT2D eigenvalue weighted by Crippen LogP contribution is -2.52. The first-order valence-electron chi connectivity index (χ1n) is 14.5. The van der Waals surface area contributed by atoms with Gasteiger partial charge in [-0.1, -0.05) is 79.0 Å². The minimum atomic E-state index is -3.56. The molecule has 0 aromatic heterocycles. The van der Waals surface area contributed by atoms with E-state index in [-0.39, 0.29) is 37.4 Å². The van der Waals surface area contributed by atoms with Gasteiger partial charge < -0.3 is 10.2 Å². The Morgan fingerprint density at radius 1 is 0.952 bits per heavy atom. The van der Waals surface area contributed by atoms with Gasteiger partial charge in [0, 0.05) is 37.0 Å². The molecule has 1 unspecified atom stereocenters. The van der Waals surface area contributed by atoms with Gasteiger partial charge in [-0.05, 0) is 67.1 Å². The number of anilines is 1. The minimum Gasteiger partial charge on any atom is -0.352 e. The molecule has 4 rings (SSSR count). The fraction of sp³-hybridized carbons (Fsp3) is 0.394. The molecule has 1 N–H and O–H groups in total. The number of hydrogen-bond acceptors (Lipinski definition) is 4. The van der Waals surface area contributed by atoms with E-state index < -0.39 is 16.1 Å². The molecule has 0 heterocycles. The maximum atomic E-state index is 14.0. The van der Waals surface area contributed by atoms with Crippen LogP contribution in [-0.2, 0) is 32.6 Å². The van der Waals surface area contributed by atoms with Crippen LogP contribution in [0.4, 0.5) is 5.69 Å². The molecular weight excluding hydrogens is 570 g/mol. The normalized spacial score (nSPS) is 14.4. The molecule has 9 heteroatoms. The standard InChI is InChI=1S/C33H40ClN3O4S/c1-25-10-8-15-30(22-25)37(42(2,40)41)21-9-16-32(38)36(24-27-17-19-28(34)20-18-27)31(23-26-11-4-3-5-12-26)33(39)35-29-13-6-7-14-29/h3-5,8,10-12,15,17-20,22,29,31H,6-7,9,13-14,16,21,23-24H2,1-2H3,(H,35,39). The Labute approximate surface area is 254 Å². The zero-order valence-electron chi connectivity index (χ0n) is 24.3. The number of sulfonamides is 1. The summed E-state index contributed by atoms with van der Waals surface area (Å²) in [6.07, 6.45) is 5.99. The largest absolute Gasteiger partial charge is 0.352 e. The molecule has 1 fully saturated rings. The van der Waals surface area contributed by atoms with Crippen LogP contribution in [0.1, 0.15) is 55.2 Å². The molecule has 0 aliphatic heterocycles. The summed E-state index contributed by atoms with van der Waals surface area (Å²) in [6, 6.07) is 23.7. The molecule has 0 spiro atoms. The van der Waals surface area contributed by atoms with Crippen LogP contribution in [0.2, 0.25) is 5.02 Å². The summed E-state index contributed by atoms with van der Waals surface area (Å²) in [7, 11) is -3.56. The maximum Gasteiger partial charge on any atom is 0.243 e. The summed E-state index contributed by atoms with van der Waals surface area (Å²) in [5, 5.41) is 3.80. The van der Waals surface area contributed by atoms with Gasteiger partial charge in [-0.15, -0.1) is 0 Å². The predicted molar refractivity (Wildman–Crippen MR) is 169 cm³/mol. The van der Waals surface area contributed by atoms with E-state index in [0.717, 1.165) is 42.4 Å². The molecule has 0 saturated heterocycles. The van der Waals surface area contributed by atoms with Gasteiger partial charge in [-0.25, -0.2) is 8.42 Å². The van der Waals surface area contributed by atoms with Gasteiger partial charge in [0.15, 0.2) is 0 Å². The van der Waals surface area contributed by atoms with Crippen LogP contribution in [0, 0.1) is 6.92 Å². The number of aryl methyl sites for hydroxylation is 1. The topological polar surface area (TPSA) is 86.8 Å². The highest BCUT2D eigenvalue weighted by atomic mass is 35.5. The fourth-order valence-corrected chi connectivity index (χ4v) is 6.58. The van der Waals surface area contributed by atoms with Gasteiger partial charge in [-0.2, -0.15) is 0 Å². The average molecular weight is 610 g/mol. The van der Waals surface area contributed by atoms with Crippen molar-refractivity contribution in [1.29, 1.82) is 0 Å². The number of carbonyl (C=O) groups is 2. The summed E-state index contributed by atoms with van der Waals surface area (Å²) in [4.78, 5) is 29.4. The molecule has 1 atom stereocenters. The van der Waals surface area contributed by atoms with Crippen molar-refractivity contribution in [3.8, 4) is 0 Å². The number of benzene rings is 3. The van der Waals surface area contributed by atoms with E-state index in [0.29, 0.717) is 23.6 Å². The number of halogens is 1. The molecule has 3 aromatic carbocycles. The lowest BCUT2D eigenvalue weighted by Gasteiger charge is -2.33. The molecule has 0 radical (unpaired) electrons. The molecule has 0 bridgehead atoms. The maximum absolute atomic E-state index is 14.0. The minimum absolute atomic E-state index is 0.0907. The first-order valence-corrected chi connectivity index (χ1v) is 16.8. The molecule has 7 nitrogen and oxygen atoms in total. The summed E-state index contributed by atoms with van der Waals surface area (Å²) < 4.78 is 26.6. The van der Waals surface area contributed by atoms with Crippen molar-refractivity contribution in [3.63, 3.8) is 0 Å². The third kappa shape index (κ3) is 9.07. The van der Waals surface area contributed by atoms with Crippen LogP contribution in [0.25, 0.3) is 0 Å². The number of nitrogens with zero attached hydrogens (tertiary/aromatic N) is 2. The van der Waals surface area contributed by atoms with Gasteiger partial charge in [-0.3, -0.25) is 13.9 Å². The van der Waals surface area contributed by atoms with E-state index in [1.807, 2.05) is 67.6 Å². The van der Waals surface area contributed by atoms with Crippen LogP contribution < -0.4 is 9.62 Å². The zero-order chi connectivity index (χ0) is 30.1. The van der Waals surface area contributed by atoms with Crippen molar-refractivity contribution in [2.75, 3.05) is 17.1 Å². The van der Waals surface area contributed by atoms with Gasteiger partial charge >= 0.3 is 0 Å². The van der Waals surface area contributed by atoms with Gasteiger partial charge in [0.2, 0.25) is 21.8 Å². The second-order valence-corrected chi connectivity index (χ2v) is 13.5. The van der Waals surface area contributed by atoms with Crippen LogP contribution >= 0.6 is 11.6 Å². The first kappa shape index (κ1) is 31.6. The third-order valence-electron chi connectivity index (χ3n) is 7.68. The van der Waals surface area contributed by atoms with E-state index in [1.165, 1.54) is 10.6 Å². The molecule has 224 valence electrons. The second kappa shape index (κ2) is 14.7. The van der Waals surface area contributed by atoms with Crippen molar-refractivity contribution in [1.82, 2.24) is 10.2 Å². The summed E-state index contributed by atoms with van der Waals surface area (Å²) in [6.45, 7) is 2.30. The van der Waals surface area contributed by atoms with Crippen molar-refractivity contribution in [2.24, 2.45) is 0 Å². The highest BCUT2D eigenvalue weighted by Gasteiger charge is 2.32. The van der Waals surface area contributed by atoms with E-state index in [2.05, 4.69) is 5.32 Å². The molecule has 1 saturated carbocycles. The van der Waals surface area contributed by atoms with Crippen LogP contribution in [0.3, 0.4) is 0 Å². The number of rotatable bonds is 13. The summed E-state index contributed by atoms with van der Waals surface area (Å²) in [5.74, 6) is -0.365. The molecular formula is C33H40ClN3O4S. The van der Waals surface area contributed by atoms with Crippen LogP contribution in [0.5, 0.6) is 0 Å². The van der Waals surface area contributed by atoms with Crippen LogP contribution in [0.15, 0.2) is 78.9 Å². The zero-order valence-corrected chi connectivity index (χ0v) is 25.9. The Morgan fingerprint density at radius 2 is 1.64 bits per heavy atom. The second-order valence-electron chi connectivity index (χ2n) is 11.1. The Morgan fingerprint density at radius 3 is 2.29 bits per heavy atom. The fourth-order valence-electron chi connectivity index (χ4n) is 5.49. The van der Waals surface area contributed by atoms with E-state index in [1.54, 1.807) is 23.1 Å². The number of nitrogens with one attached hydrogen (secondary N) is 1. The number of hydrogen-bond donors (Lipinski definition) is 1. The molecule has 1 aliphatic carbocycles. The van der Waals surface area contributed by atoms with Crippen molar-refractivity contribution >= 4 is 39.1 Å². The lowest BCUT2D eigenvalue weighted by atomic mass is 10.0. The van der Waals surface area contributed by atoms with E-state index >= 15 is 0 Å². The quantitative estimate of drug-likeness (QED) is 0.262. The van der Waals surface area contributed by atoms with Gasteiger partial charge in [0.05, 0.1) is 11.9 Å².